The van der Waals surface area contributed by atoms with Crippen LogP contribution in [0.25, 0.3) is 0 Å². The second kappa shape index (κ2) is 5.49. The molecular formula is C15H23N3O. The van der Waals surface area contributed by atoms with Crippen LogP contribution in [0.2, 0.25) is 0 Å². The molecule has 1 fully saturated rings. The fraction of sp³-hybridized carbons (Fsp3) is 0.600. The summed E-state index contributed by atoms with van der Waals surface area (Å²) in [5.41, 5.74) is 9.66. The first kappa shape index (κ1) is 12.9. The highest BCUT2D eigenvalue weighted by atomic mass is 16.5. The van der Waals surface area contributed by atoms with Gasteiger partial charge in [0.15, 0.2) is 0 Å². The highest BCUT2D eigenvalue weighted by molar-refractivity contribution is 5.52. The minimum absolute atomic E-state index is 0.337. The largest absolute Gasteiger partial charge is 0.398 e. The molecule has 0 aliphatic carbocycles. The molecule has 4 heteroatoms. The van der Waals surface area contributed by atoms with Crippen molar-refractivity contribution in [3.05, 3.63) is 29.3 Å². The molecule has 2 N–H and O–H groups in total. The normalized spacial score (nSPS) is 24.6. The van der Waals surface area contributed by atoms with Gasteiger partial charge in [-0.15, -0.1) is 0 Å². The van der Waals surface area contributed by atoms with E-state index in [1.165, 1.54) is 11.1 Å². The number of likely N-dealkylation sites (N-methyl/N-ethyl adjacent to an activating group) is 1. The average molecular weight is 261 g/mol. The van der Waals surface area contributed by atoms with Gasteiger partial charge < -0.3 is 10.5 Å². The molecule has 0 bridgehead atoms. The van der Waals surface area contributed by atoms with E-state index in [1.54, 1.807) is 0 Å². The summed E-state index contributed by atoms with van der Waals surface area (Å²) in [4.78, 5) is 4.91. The number of hydrogen-bond acceptors (Lipinski definition) is 4. The number of rotatable bonds is 3. The van der Waals surface area contributed by atoms with Crippen molar-refractivity contribution >= 4 is 5.69 Å². The summed E-state index contributed by atoms with van der Waals surface area (Å²) in [5.74, 6) is 0. The molecule has 1 unspecified atom stereocenters. The molecule has 0 spiro atoms. The van der Waals surface area contributed by atoms with E-state index >= 15 is 0 Å². The van der Waals surface area contributed by atoms with Crippen LogP contribution in [0.4, 0.5) is 5.69 Å². The molecule has 0 amide bonds. The van der Waals surface area contributed by atoms with Crippen LogP contribution in [0.15, 0.2) is 18.2 Å². The third-order valence-corrected chi connectivity index (χ3v) is 4.22. The van der Waals surface area contributed by atoms with E-state index in [0.717, 1.165) is 51.6 Å². The molecule has 2 aliphatic rings. The van der Waals surface area contributed by atoms with Crippen LogP contribution in [0.5, 0.6) is 0 Å². The number of ether oxygens (including phenoxy) is 1. The van der Waals surface area contributed by atoms with E-state index in [1.807, 2.05) is 12.1 Å². The Morgan fingerprint density at radius 2 is 2.21 bits per heavy atom. The molecule has 104 valence electrons. The highest BCUT2D eigenvalue weighted by Crippen LogP contribution is 2.27. The van der Waals surface area contributed by atoms with Crippen molar-refractivity contribution in [1.29, 1.82) is 0 Å². The Morgan fingerprint density at radius 1 is 1.32 bits per heavy atom. The van der Waals surface area contributed by atoms with Gasteiger partial charge in [-0.3, -0.25) is 9.80 Å². The molecule has 2 heterocycles. The van der Waals surface area contributed by atoms with E-state index in [0.29, 0.717) is 6.10 Å². The van der Waals surface area contributed by atoms with Gasteiger partial charge in [0.25, 0.3) is 0 Å². The number of fused-ring (bicyclic) bond motifs is 1. The Kier molecular flexibility index (Phi) is 3.73. The Balaban J connectivity index is 1.60. The van der Waals surface area contributed by atoms with Gasteiger partial charge >= 0.3 is 0 Å². The number of benzene rings is 1. The molecule has 1 saturated heterocycles. The molecular weight excluding hydrogens is 238 g/mol. The lowest BCUT2D eigenvalue weighted by Gasteiger charge is -2.34. The number of anilines is 1. The van der Waals surface area contributed by atoms with Crippen LogP contribution in [0, 0.1) is 0 Å². The van der Waals surface area contributed by atoms with Crippen molar-refractivity contribution in [3.8, 4) is 0 Å². The van der Waals surface area contributed by atoms with Crippen LogP contribution in [0.1, 0.15) is 18.1 Å². The topological polar surface area (TPSA) is 41.7 Å². The lowest BCUT2D eigenvalue weighted by Crippen LogP contribution is -2.46. The SMILES string of the molecule is CCN1CCOC(CN2Cc3cccc(N)c3C2)C1. The summed E-state index contributed by atoms with van der Waals surface area (Å²) in [6, 6.07) is 6.23. The van der Waals surface area contributed by atoms with Gasteiger partial charge in [0.05, 0.1) is 12.7 Å². The zero-order valence-electron chi connectivity index (χ0n) is 11.6. The van der Waals surface area contributed by atoms with Crippen molar-refractivity contribution in [3.63, 3.8) is 0 Å². The lowest BCUT2D eigenvalue weighted by atomic mass is 10.1. The van der Waals surface area contributed by atoms with Crippen LogP contribution < -0.4 is 5.73 Å². The zero-order chi connectivity index (χ0) is 13.2. The fourth-order valence-corrected chi connectivity index (χ4v) is 3.11. The number of morpholine rings is 1. The van der Waals surface area contributed by atoms with E-state index < -0.39 is 0 Å². The Labute approximate surface area is 115 Å². The summed E-state index contributed by atoms with van der Waals surface area (Å²) in [6.45, 7) is 9.30. The number of nitrogen functional groups attached to an aromatic ring is 1. The van der Waals surface area contributed by atoms with Crippen molar-refractivity contribution < 1.29 is 4.74 Å². The molecule has 0 radical (unpaired) electrons. The summed E-state index contributed by atoms with van der Waals surface area (Å²) in [5, 5.41) is 0. The molecule has 2 aliphatic heterocycles. The van der Waals surface area contributed by atoms with Crippen LogP contribution in [0.3, 0.4) is 0 Å². The van der Waals surface area contributed by atoms with Gasteiger partial charge in [0.1, 0.15) is 0 Å². The second-order valence-electron chi connectivity index (χ2n) is 5.54. The molecule has 4 nitrogen and oxygen atoms in total. The highest BCUT2D eigenvalue weighted by Gasteiger charge is 2.26. The van der Waals surface area contributed by atoms with Gasteiger partial charge in [0.2, 0.25) is 0 Å². The van der Waals surface area contributed by atoms with Crippen molar-refractivity contribution in [2.24, 2.45) is 0 Å². The maximum absolute atomic E-state index is 6.04. The average Bonchev–Trinajstić information content (AvgIpc) is 2.83. The standard InChI is InChI=1S/C15H23N3O/c1-2-17-6-7-19-13(9-17)10-18-8-12-4-3-5-15(16)14(12)11-18/h3-5,13H,2,6-11,16H2,1H3. The molecule has 1 atom stereocenters. The first-order valence-corrected chi connectivity index (χ1v) is 7.19. The minimum Gasteiger partial charge on any atom is -0.398 e. The number of hydrogen-bond donors (Lipinski definition) is 1. The fourth-order valence-electron chi connectivity index (χ4n) is 3.11. The molecule has 0 aromatic heterocycles. The van der Waals surface area contributed by atoms with Crippen LogP contribution in [-0.4, -0.2) is 48.7 Å². The number of nitrogens with two attached hydrogens (primary N) is 1. The maximum atomic E-state index is 6.04. The van der Waals surface area contributed by atoms with Gasteiger partial charge in [0, 0.05) is 38.4 Å². The summed E-state index contributed by atoms with van der Waals surface area (Å²) < 4.78 is 5.89. The van der Waals surface area contributed by atoms with E-state index in [2.05, 4.69) is 22.8 Å². The Hall–Kier alpha value is -1.10. The van der Waals surface area contributed by atoms with Crippen LogP contribution >= 0.6 is 0 Å². The summed E-state index contributed by atoms with van der Waals surface area (Å²) in [7, 11) is 0. The zero-order valence-corrected chi connectivity index (χ0v) is 11.6. The molecule has 19 heavy (non-hydrogen) atoms. The monoisotopic (exact) mass is 261 g/mol. The first-order chi connectivity index (χ1) is 9.26. The van der Waals surface area contributed by atoms with Crippen molar-refractivity contribution in [2.45, 2.75) is 26.1 Å². The quantitative estimate of drug-likeness (QED) is 0.833. The van der Waals surface area contributed by atoms with E-state index in [4.69, 9.17) is 10.5 Å². The molecule has 1 aromatic rings. The Bertz CT molecular complexity index is 449. The van der Waals surface area contributed by atoms with E-state index in [9.17, 15) is 0 Å². The molecule has 3 rings (SSSR count). The summed E-state index contributed by atoms with van der Waals surface area (Å²) >= 11 is 0. The lowest BCUT2D eigenvalue weighted by molar-refractivity contribution is -0.0424. The summed E-state index contributed by atoms with van der Waals surface area (Å²) in [6.07, 6.45) is 0.337. The van der Waals surface area contributed by atoms with Gasteiger partial charge in [-0.2, -0.15) is 0 Å². The maximum Gasteiger partial charge on any atom is 0.0829 e. The van der Waals surface area contributed by atoms with Crippen molar-refractivity contribution in [1.82, 2.24) is 9.80 Å². The third kappa shape index (κ3) is 2.76. The predicted molar refractivity (Wildman–Crippen MR) is 76.8 cm³/mol. The number of nitrogens with zero attached hydrogens (tertiary/aromatic N) is 2. The predicted octanol–water partition coefficient (Wildman–Crippen LogP) is 1.31. The Morgan fingerprint density at radius 3 is 3.00 bits per heavy atom. The second-order valence-corrected chi connectivity index (χ2v) is 5.54. The minimum atomic E-state index is 0.337. The molecule has 0 saturated carbocycles. The first-order valence-electron chi connectivity index (χ1n) is 7.19. The van der Waals surface area contributed by atoms with Gasteiger partial charge in [-0.1, -0.05) is 19.1 Å². The van der Waals surface area contributed by atoms with Gasteiger partial charge in [-0.25, -0.2) is 0 Å². The molecule has 1 aromatic carbocycles. The van der Waals surface area contributed by atoms with Crippen molar-refractivity contribution in [2.75, 3.05) is 38.5 Å². The smallest absolute Gasteiger partial charge is 0.0829 e. The van der Waals surface area contributed by atoms with E-state index in [-0.39, 0.29) is 0 Å². The van der Waals surface area contributed by atoms with Gasteiger partial charge in [-0.05, 0) is 23.7 Å². The third-order valence-electron chi connectivity index (χ3n) is 4.22. The van der Waals surface area contributed by atoms with Crippen LogP contribution in [-0.2, 0) is 17.8 Å².